The van der Waals surface area contributed by atoms with Crippen LogP contribution in [0.5, 0.6) is 0 Å². The molecule has 0 saturated carbocycles. The first-order valence-electron chi connectivity index (χ1n) is 4.48. The number of halogens is 2. The molecular formula is C12H14Cl2LiN2S-. The van der Waals surface area contributed by atoms with E-state index in [9.17, 15) is 0 Å². The monoisotopic (exact) mass is 295 g/mol. The van der Waals surface area contributed by atoms with Gasteiger partial charge in [0.2, 0.25) is 0 Å². The Morgan fingerprint density at radius 2 is 1.83 bits per heavy atom. The molecular weight excluding hydrogens is 282 g/mol. The van der Waals surface area contributed by atoms with Gasteiger partial charge in [-0.1, -0.05) is 23.2 Å². The molecule has 1 rings (SSSR count). The first-order valence-corrected chi connectivity index (χ1v) is 5.68. The number of rotatable bonds is 3. The van der Waals surface area contributed by atoms with E-state index in [4.69, 9.17) is 35.5 Å². The maximum atomic E-state index is 6.06. The van der Waals surface area contributed by atoms with Crippen LogP contribution in [0, 0.1) is 14.0 Å². The zero-order chi connectivity index (χ0) is 12.3. The Hall–Kier alpha value is -0.0426. The normalized spacial score (nSPS) is 10.3. The molecule has 0 unspecified atom stereocenters. The molecule has 0 fully saturated rings. The van der Waals surface area contributed by atoms with Crippen LogP contribution in [-0.2, 0) is 0 Å². The summed E-state index contributed by atoms with van der Waals surface area (Å²) in [7, 11) is 0. The van der Waals surface area contributed by atoms with E-state index >= 15 is 0 Å². The summed E-state index contributed by atoms with van der Waals surface area (Å²) >= 11 is 16.3. The van der Waals surface area contributed by atoms with Crippen LogP contribution in [0.15, 0.2) is 27.7 Å². The van der Waals surface area contributed by atoms with E-state index in [1.165, 1.54) is 0 Å². The first kappa shape index (κ1) is 20.3. The molecule has 0 bridgehead atoms. The molecule has 0 aliphatic heterocycles. The van der Waals surface area contributed by atoms with Gasteiger partial charge in [-0.15, -0.1) is 12.6 Å². The van der Waals surface area contributed by atoms with Crippen molar-refractivity contribution in [3.63, 3.8) is 0 Å². The number of hydrogen-bond acceptors (Lipinski definition) is 3. The molecule has 18 heavy (non-hydrogen) atoms. The molecule has 0 spiro atoms. The van der Waals surface area contributed by atoms with Crippen LogP contribution < -0.4 is 24.6 Å². The summed E-state index contributed by atoms with van der Waals surface area (Å²) in [6, 6.07) is 3.42. The van der Waals surface area contributed by atoms with Crippen molar-refractivity contribution in [3.05, 3.63) is 47.4 Å². The van der Waals surface area contributed by atoms with Crippen LogP contribution >= 0.6 is 35.8 Å². The number of nitrogens with zero attached hydrogens (tertiary/aromatic N) is 1. The molecule has 0 aromatic heterocycles. The second kappa shape index (κ2) is 8.96. The van der Waals surface area contributed by atoms with Crippen molar-refractivity contribution in [2.24, 2.45) is 10.7 Å². The molecule has 0 atom stereocenters. The summed E-state index contributed by atoms with van der Waals surface area (Å²) in [5, 5.41) is 1.02. The van der Waals surface area contributed by atoms with Gasteiger partial charge in [0.05, 0.1) is 10.0 Å². The van der Waals surface area contributed by atoms with Crippen LogP contribution in [0.2, 0.25) is 10.0 Å². The van der Waals surface area contributed by atoms with E-state index in [-0.39, 0.29) is 38.5 Å². The number of thiol groups is 1. The zero-order valence-corrected chi connectivity index (χ0v) is 13.1. The summed E-state index contributed by atoms with van der Waals surface area (Å²) in [6.45, 7) is 7.38. The van der Waals surface area contributed by atoms with Crippen LogP contribution in [0.3, 0.4) is 0 Å². The molecule has 6 heteroatoms. The molecule has 0 aliphatic carbocycles. The minimum absolute atomic E-state index is 0. The van der Waals surface area contributed by atoms with E-state index in [1.807, 2.05) is 0 Å². The summed E-state index contributed by atoms with van der Waals surface area (Å²) < 4.78 is 0. The number of benzene rings is 1. The van der Waals surface area contributed by atoms with Crippen molar-refractivity contribution in [1.82, 2.24) is 0 Å². The maximum Gasteiger partial charge on any atom is 1.00 e. The second-order valence-electron chi connectivity index (χ2n) is 3.26. The van der Waals surface area contributed by atoms with Gasteiger partial charge in [0.1, 0.15) is 0 Å². The van der Waals surface area contributed by atoms with Gasteiger partial charge < -0.3 is 19.7 Å². The van der Waals surface area contributed by atoms with E-state index in [1.54, 1.807) is 19.1 Å². The standard InChI is InChI=1S/C11H11Cl2N2S.CH3.Li/c1-6(14)5-15-7(2)11-9(12)3-8(16)4-10(11)13;;/h1,3-4,16H,5,14H2,2H3;1H3;/q2*-1;+1. The molecule has 0 aliphatic rings. The third kappa shape index (κ3) is 5.73. The Labute approximate surface area is 136 Å². The fourth-order valence-electron chi connectivity index (χ4n) is 1.19. The van der Waals surface area contributed by atoms with Crippen molar-refractivity contribution < 1.29 is 18.9 Å². The molecule has 0 radical (unpaired) electrons. The van der Waals surface area contributed by atoms with Gasteiger partial charge in [-0.3, -0.25) is 4.99 Å². The molecule has 94 valence electrons. The van der Waals surface area contributed by atoms with Crippen LogP contribution in [0.1, 0.15) is 12.5 Å². The average molecular weight is 296 g/mol. The Bertz CT molecular complexity index is 438. The van der Waals surface area contributed by atoms with Crippen molar-refractivity contribution in [3.8, 4) is 0 Å². The summed E-state index contributed by atoms with van der Waals surface area (Å²) in [4.78, 5) is 4.89. The van der Waals surface area contributed by atoms with E-state index < -0.39 is 0 Å². The van der Waals surface area contributed by atoms with Crippen molar-refractivity contribution in [2.75, 3.05) is 6.54 Å². The summed E-state index contributed by atoms with van der Waals surface area (Å²) in [6.07, 6.45) is 0. The Kier molecular flexibility index (Phi) is 10.1. The van der Waals surface area contributed by atoms with Gasteiger partial charge >= 0.3 is 18.9 Å². The third-order valence-corrected chi connectivity index (χ3v) is 2.74. The molecule has 0 heterocycles. The van der Waals surface area contributed by atoms with Crippen LogP contribution in [0.4, 0.5) is 0 Å². The third-order valence-electron chi connectivity index (χ3n) is 1.89. The van der Waals surface area contributed by atoms with Gasteiger partial charge in [-0.05, 0) is 19.1 Å². The summed E-state index contributed by atoms with van der Waals surface area (Å²) in [5.74, 6) is 0. The Balaban J connectivity index is 0. The molecule has 0 saturated heterocycles. The van der Waals surface area contributed by atoms with Crippen LogP contribution in [0.25, 0.3) is 0 Å². The van der Waals surface area contributed by atoms with Crippen LogP contribution in [-0.4, -0.2) is 12.3 Å². The molecule has 2 N–H and O–H groups in total. The largest absolute Gasteiger partial charge is 1.00 e. The average Bonchev–Trinajstić information content (AvgIpc) is 2.12. The van der Waals surface area contributed by atoms with Crippen molar-refractivity contribution in [2.45, 2.75) is 11.8 Å². The van der Waals surface area contributed by atoms with Gasteiger partial charge in [0.25, 0.3) is 0 Å². The quantitative estimate of drug-likeness (QED) is 0.369. The molecule has 0 amide bonds. The Morgan fingerprint density at radius 1 is 1.39 bits per heavy atom. The smallest absolute Gasteiger partial charge is 0.492 e. The van der Waals surface area contributed by atoms with E-state index in [0.29, 0.717) is 26.2 Å². The first-order chi connectivity index (χ1) is 7.41. The zero-order valence-electron chi connectivity index (χ0n) is 10.7. The predicted molar refractivity (Wildman–Crippen MR) is 79.2 cm³/mol. The predicted octanol–water partition coefficient (Wildman–Crippen LogP) is 0.821. The van der Waals surface area contributed by atoms with Gasteiger partial charge in [-0.25, -0.2) is 0 Å². The molecule has 1 aromatic rings. The van der Waals surface area contributed by atoms with E-state index in [0.717, 1.165) is 0 Å². The maximum absolute atomic E-state index is 6.06. The fraction of sp³-hybridized carbons (Fsp3) is 0.167. The van der Waals surface area contributed by atoms with Gasteiger partial charge in [0, 0.05) is 22.7 Å². The van der Waals surface area contributed by atoms with Crippen molar-refractivity contribution in [1.29, 1.82) is 0 Å². The second-order valence-corrected chi connectivity index (χ2v) is 4.59. The minimum Gasteiger partial charge on any atom is -0.492 e. The SMILES string of the molecule is [CH-]=C(N)CN=C(C)c1c(Cl)cc(S)cc1Cl.[CH3-].[Li+]. The molecule has 2 nitrogen and oxygen atoms in total. The fourth-order valence-corrected chi connectivity index (χ4v) is 2.37. The van der Waals surface area contributed by atoms with Gasteiger partial charge in [-0.2, -0.15) is 5.70 Å². The Morgan fingerprint density at radius 3 is 2.22 bits per heavy atom. The molecule has 1 aromatic carbocycles. The number of nitrogens with two attached hydrogens (primary N) is 1. The number of hydrogen-bond donors (Lipinski definition) is 2. The van der Waals surface area contributed by atoms with Crippen molar-refractivity contribution >= 4 is 41.5 Å². The van der Waals surface area contributed by atoms with Gasteiger partial charge in [0.15, 0.2) is 0 Å². The topological polar surface area (TPSA) is 38.4 Å². The van der Waals surface area contributed by atoms with E-state index in [2.05, 4.69) is 17.6 Å². The summed E-state index contributed by atoms with van der Waals surface area (Å²) in [5.41, 5.74) is 6.95. The minimum atomic E-state index is 0. The number of aliphatic imine (C=N–C) groups is 1.